The van der Waals surface area contributed by atoms with Crippen LogP contribution in [0.25, 0.3) is 0 Å². The highest BCUT2D eigenvalue weighted by atomic mass is 35.5. The summed E-state index contributed by atoms with van der Waals surface area (Å²) in [7, 11) is -1.90. The minimum atomic E-state index is -3.54. The Kier molecular flexibility index (Phi) is 4.00. The third kappa shape index (κ3) is 2.56. The summed E-state index contributed by atoms with van der Waals surface area (Å²) in [6.07, 6.45) is 2.21. The quantitative estimate of drug-likeness (QED) is 0.786. The number of alkyl halides is 1. The van der Waals surface area contributed by atoms with Gasteiger partial charge in [0, 0.05) is 18.7 Å². The lowest BCUT2D eigenvalue weighted by molar-refractivity contribution is 0.356. The molecule has 0 aliphatic heterocycles. The van der Waals surface area contributed by atoms with Gasteiger partial charge in [0.25, 0.3) is 0 Å². The van der Waals surface area contributed by atoms with E-state index in [2.05, 4.69) is 0 Å². The number of sulfonamides is 1. The molecule has 1 unspecified atom stereocenters. The monoisotopic (exact) mass is 305 g/mol. The zero-order valence-electron chi connectivity index (χ0n) is 11.7. The van der Waals surface area contributed by atoms with Gasteiger partial charge in [-0.05, 0) is 39.5 Å². The Morgan fingerprint density at radius 1 is 1.37 bits per heavy atom. The predicted molar refractivity (Wildman–Crippen MR) is 74.9 cm³/mol. The van der Waals surface area contributed by atoms with E-state index >= 15 is 0 Å². The summed E-state index contributed by atoms with van der Waals surface area (Å²) in [6, 6.07) is 0.0165. The molecule has 6 heteroatoms. The van der Waals surface area contributed by atoms with Gasteiger partial charge in [0.2, 0.25) is 10.0 Å². The van der Waals surface area contributed by atoms with Crippen LogP contribution < -0.4 is 0 Å². The van der Waals surface area contributed by atoms with Crippen LogP contribution in [0.5, 0.6) is 0 Å². The normalized spacial score (nSPS) is 18.0. The van der Waals surface area contributed by atoms with Crippen LogP contribution in [0.4, 0.5) is 0 Å². The fourth-order valence-electron chi connectivity index (χ4n) is 2.44. The van der Waals surface area contributed by atoms with Gasteiger partial charge >= 0.3 is 0 Å². The first-order chi connectivity index (χ1) is 8.80. The van der Waals surface area contributed by atoms with Crippen molar-refractivity contribution in [2.75, 3.05) is 7.05 Å². The molecule has 1 saturated carbocycles. The first-order valence-electron chi connectivity index (χ1n) is 6.43. The number of hydrogen-bond donors (Lipinski definition) is 0. The molecule has 1 aromatic rings. The average molecular weight is 306 g/mol. The summed E-state index contributed by atoms with van der Waals surface area (Å²) < 4.78 is 32.3. The maximum Gasteiger partial charge on any atom is 0.246 e. The molecule has 4 nitrogen and oxygen atoms in total. The van der Waals surface area contributed by atoms with Crippen molar-refractivity contribution in [3.05, 3.63) is 17.1 Å². The first kappa shape index (κ1) is 14.9. The molecule has 0 saturated heterocycles. The van der Waals surface area contributed by atoms with E-state index in [-0.39, 0.29) is 16.8 Å². The van der Waals surface area contributed by atoms with Gasteiger partial charge in [-0.2, -0.15) is 4.31 Å². The minimum absolute atomic E-state index is 0.0165. The molecular formula is C13H20ClNO3S. The Hall–Kier alpha value is -0.520. The molecule has 0 aromatic carbocycles. The summed E-state index contributed by atoms with van der Waals surface area (Å²) in [4.78, 5) is 0.245. The van der Waals surface area contributed by atoms with Gasteiger partial charge in [0.05, 0.1) is 5.88 Å². The highest BCUT2D eigenvalue weighted by molar-refractivity contribution is 7.89. The molecule has 1 atom stereocenters. The van der Waals surface area contributed by atoms with E-state index in [9.17, 15) is 8.42 Å². The van der Waals surface area contributed by atoms with Crippen molar-refractivity contribution < 1.29 is 12.8 Å². The average Bonchev–Trinajstić information content (AvgIpc) is 3.13. The number of nitrogens with zero attached hydrogens (tertiary/aromatic N) is 1. The number of furan rings is 1. The van der Waals surface area contributed by atoms with Crippen LogP contribution in [-0.2, 0) is 15.9 Å². The summed E-state index contributed by atoms with van der Waals surface area (Å²) >= 11 is 5.87. The van der Waals surface area contributed by atoms with E-state index in [1.165, 1.54) is 4.31 Å². The van der Waals surface area contributed by atoms with Crippen molar-refractivity contribution in [1.29, 1.82) is 0 Å². The molecule has 1 aromatic heterocycles. The molecule has 108 valence electrons. The molecule has 0 amide bonds. The van der Waals surface area contributed by atoms with Crippen molar-refractivity contribution in [2.24, 2.45) is 5.92 Å². The molecule has 0 radical (unpaired) electrons. The van der Waals surface area contributed by atoms with Gasteiger partial charge in [0.15, 0.2) is 0 Å². The third-order valence-electron chi connectivity index (χ3n) is 3.97. The van der Waals surface area contributed by atoms with Crippen molar-refractivity contribution in [3.63, 3.8) is 0 Å². The minimum Gasteiger partial charge on any atom is -0.465 e. The third-order valence-corrected chi connectivity index (χ3v) is 6.38. The van der Waals surface area contributed by atoms with E-state index < -0.39 is 10.0 Å². The van der Waals surface area contributed by atoms with Gasteiger partial charge in [-0.1, -0.05) is 0 Å². The molecule has 1 heterocycles. The summed E-state index contributed by atoms with van der Waals surface area (Å²) in [5.74, 6) is 1.62. The smallest absolute Gasteiger partial charge is 0.246 e. The van der Waals surface area contributed by atoms with Gasteiger partial charge in [0.1, 0.15) is 16.4 Å². The molecule has 1 fully saturated rings. The fourth-order valence-corrected chi connectivity index (χ4v) is 4.67. The Labute approximate surface area is 119 Å². The van der Waals surface area contributed by atoms with E-state index in [0.717, 1.165) is 12.8 Å². The second-order valence-corrected chi connectivity index (χ2v) is 7.46. The van der Waals surface area contributed by atoms with Gasteiger partial charge in [-0.15, -0.1) is 11.6 Å². The van der Waals surface area contributed by atoms with Crippen molar-refractivity contribution in [1.82, 2.24) is 4.31 Å². The van der Waals surface area contributed by atoms with Crippen LogP contribution in [0.3, 0.4) is 0 Å². The van der Waals surface area contributed by atoms with Gasteiger partial charge in [-0.25, -0.2) is 8.42 Å². The Balaban J connectivity index is 2.44. The lowest BCUT2D eigenvalue weighted by Gasteiger charge is -2.24. The Morgan fingerprint density at radius 3 is 2.42 bits per heavy atom. The molecule has 0 spiro atoms. The number of aryl methyl sites for hydroxylation is 2. The van der Waals surface area contributed by atoms with Gasteiger partial charge < -0.3 is 4.42 Å². The first-order valence-corrected chi connectivity index (χ1v) is 8.41. The van der Waals surface area contributed by atoms with Crippen molar-refractivity contribution >= 4 is 21.6 Å². The molecule has 19 heavy (non-hydrogen) atoms. The molecular weight excluding hydrogens is 286 g/mol. The molecule has 0 N–H and O–H groups in total. The maximum absolute atomic E-state index is 12.7. The highest BCUT2D eigenvalue weighted by Crippen LogP contribution is 2.38. The highest BCUT2D eigenvalue weighted by Gasteiger charge is 2.38. The van der Waals surface area contributed by atoms with Crippen LogP contribution in [0, 0.1) is 19.8 Å². The standard InChI is InChI=1S/C13H20ClNO3S/c1-8(11-5-6-11)15(4)19(16,17)13-10(3)18-9(2)12(13)7-14/h8,11H,5-7H2,1-4H3. The fraction of sp³-hybridized carbons (Fsp3) is 0.692. The van der Waals surface area contributed by atoms with Crippen LogP contribution in [0.2, 0.25) is 0 Å². The number of halogens is 1. The van der Waals surface area contributed by atoms with Crippen molar-refractivity contribution in [2.45, 2.75) is 50.4 Å². The summed E-state index contributed by atoms with van der Waals surface area (Å²) in [5, 5.41) is 0. The van der Waals surface area contributed by atoms with Crippen LogP contribution in [-0.4, -0.2) is 25.8 Å². The van der Waals surface area contributed by atoms with Crippen molar-refractivity contribution in [3.8, 4) is 0 Å². The van der Waals surface area contributed by atoms with Crippen LogP contribution >= 0.6 is 11.6 Å². The van der Waals surface area contributed by atoms with E-state index in [0.29, 0.717) is 23.0 Å². The largest absolute Gasteiger partial charge is 0.465 e. The van der Waals surface area contributed by atoms with E-state index in [1.54, 1.807) is 20.9 Å². The summed E-state index contributed by atoms with van der Waals surface area (Å²) in [5.41, 5.74) is 0.578. The number of rotatable bonds is 5. The maximum atomic E-state index is 12.7. The van der Waals surface area contributed by atoms with E-state index in [1.807, 2.05) is 6.92 Å². The molecule has 1 aliphatic carbocycles. The molecule has 2 rings (SSSR count). The topological polar surface area (TPSA) is 50.5 Å². The zero-order chi connectivity index (χ0) is 14.4. The lowest BCUT2D eigenvalue weighted by Crippen LogP contribution is -2.36. The summed E-state index contributed by atoms with van der Waals surface area (Å²) in [6.45, 7) is 5.37. The Bertz CT molecular complexity index is 575. The second kappa shape index (κ2) is 5.11. The second-order valence-electron chi connectivity index (χ2n) is 5.26. The van der Waals surface area contributed by atoms with Crippen LogP contribution in [0.1, 0.15) is 36.8 Å². The van der Waals surface area contributed by atoms with Crippen LogP contribution in [0.15, 0.2) is 9.31 Å². The molecule has 0 bridgehead atoms. The molecule has 1 aliphatic rings. The number of hydrogen-bond acceptors (Lipinski definition) is 3. The predicted octanol–water partition coefficient (Wildman–Crippen LogP) is 3.05. The Morgan fingerprint density at radius 2 is 1.95 bits per heavy atom. The van der Waals surface area contributed by atoms with E-state index in [4.69, 9.17) is 16.0 Å². The van der Waals surface area contributed by atoms with Gasteiger partial charge in [-0.3, -0.25) is 0 Å². The lowest BCUT2D eigenvalue weighted by atomic mass is 10.2. The SMILES string of the molecule is Cc1oc(C)c(S(=O)(=O)N(C)C(C)C2CC2)c1CCl. The zero-order valence-corrected chi connectivity index (χ0v) is 13.3.